The third kappa shape index (κ3) is 16.0. The van der Waals surface area contributed by atoms with E-state index in [0.29, 0.717) is 28.1 Å². The number of nitrogens with zero attached hydrogens (tertiary/aromatic N) is 3. The third-order valence-corrected chi connectivity index (χ3v) is 17.7. The Morgan fingerprint density at radius 3 is 2.09 bits per heavy atom. The topological polar surface area (TPSA) is 183 Å². The van der Waals surface area contributed by atoms with Crippen LogP contribution >= 0.6 is 32.6 Å². The Balaban J connectivity index is 0.0000119. The summed E-state index contributed by atoms with van der Waals surface area (Å²) in [5, 5.41) is 61.8. The quantitative estimate of drug-likeness (QED) is 0.0464. The van der Waals surface area contributed by atoms with Crippen LogP contribution in [0.25, 0.3) is 11.1 Å². The van der Waals surface area contributed by atoms with Crippen molar-refractivity contribution in [2.24, 2.45) is 17.8 Å². The number of likely N-dealkylation sites (N-methyl/N-ethyl adjacent to an activating group) is 1. The first kappa shape index (κ1) is 64.9. The fourth-order valence-electron chi connectivity index (χ4n) is 11.9. The van der Waals surface area contributed by atoms with Crippen molar-refractivity contribution in [3.8, 4) is 11.1 Å². The highest BCUT2D eigenvalue weighted by Crippen LogP contribution is 2.41. The lowest BCUT2D eigenvalue weighted by atomic mass is 9.77. The van der Waals surface area contributed by atoms with E-state index < -0.39 is 96.0 Å². The standard InChI is InChI=1S/C57H96N3O12P.HI/c1-16-46-57(10,66)50(62)39(6)60(29-23-17-18-24-30-73-45-28-22-20-26-42(45)41-25-19-21-27-43(41)58(11)12)34-35(2)32-55(8,65)52(72-54-48(61)44(59(13)14)31-36(3)68-54)37(4)49(38(5)53(64)70-46)71-47-33-56(9,67-15)51(63)40(7)69-47;/h19-22,25-28,35-40,44,46-52,54,61-63,65-66,73H,16-18,23-24,29-34H2,1-15H3;1H/t35-,36-,37+,38-,39-,40+,44+,46-,47+,48-,49+,50-,51+,52-,54+,55-,56-,57-;/m1./s1. The molecule has 19 atom stereocenters. The number of unbranched alkanes of at least 4 members (excludes halogenated alkanes) is 3. The Labute approximate surface area is 463 Å². The third-order valence-electron chi connectivity index (χ3n) is 16.3. The van der Waals surface area contributed by atoms with E-state index in [1.54, 1.807) is 27.7 Å². The second-order valence-electron chi connectivity index (χ2n) is 23.0. The summed E-state index contributed by atoms with van der Waals surface area (Å²) in [6.07, 6.45) is -3.43. The second kappa shape index (κ2) is 28.5. The van der Waals surface area contributed by atoms with Crippen molar-refractivity contribution >= 4 is 49.5 Å². The maximum Gasteiger partial charge on any atom is 0.311 e. The van der Waals surface area contributed by atoms with Gasteiger partial charge in [0.25, 0.3) is 0 Å². The highest BCUT2D eigenvalue weighted by molar-refractivity contribution is 14.0. The molecular weight excluding hydrogens is 1080 g/mol. The van der Waals surface area contributed by atoms with Crippen molar-refractivity contribution in [3.63, 3.8) is 0 Å². The van der Waals surface area contributed by atoms with Crippen LogP contribution in [0, 0.1) is 17.8 Å². The number of aliphatic hydroxyl groups is 5. The minimum absolute atomic E-state index is 0. The maximum atomic E-state index is 14.6. The summed E-state index contributed by atoms with van der Waals surface area (Å²) >= 11 is 0. The van der Waals surface area contributed by atoms with Crippen molar-refractivity contribution in [2.45, 2.75) is 211 Å². The minimum atomic E-state index is -1.85. The normalized spacial score (nSPS) is 38.3. The molecule has 17 heteroatoms. The average Bonchev–Trinajstić information content (AvgIpc) is 3.34. The Morgan fingerprint density at radius 1 is 0.824 bits per heavy atom. The number of benzene rings is 2. The summed E-state index contributed by atoms with van der Waals surface area (Å²) in [7, 11) is 10.2. The zero-order valence-electron chi connectivity index (χ0n) is 47.4. The van der Waals surface area contributed by atoms with Gasteiger partial charge in [-0.2, -0.15) is 0 Å². The van der Waals surface area contributed by atoms with Gasteiger partial charge in [0.05, 0.1) is 41.5 Å². The number of esters is 1. The molecule has 0 saturated carbocycles. The SMILES string of the molecule is CC[C@H]1OC(=O)[C@H](C)[C@@H](O[C@H]2C[C@@](C)(OC)[C@@H](O)[C@H](C)O2)[C@H](C)[C@@H](O[C@@H]2O[C@H](C)C[C@H](N(C)C)[C@H]2O)[C@](C)(O)C[C@@H](C)CN(CCCCCCPc2ccccc2-c2ccccc2N(C)C)[C@H](C)[C@@H](O)[C@]1(C)O.I. The Hall–Kier alpha value is -1.61. The molecule has 2 aromatic carbocycles. The molecular formula is C57H97IN3O12P. The van der Waals surface area contributed by atoms with Gasteiger partial charge in [0.2, 0.25) is 0 Å². The number of hydrogen-bond acceptors (Lipinski definition) is 15. The average molecular weight is 1170 g/mol. The summed E-state index contributed by atoms with van der Waals surface area (Å²) in [5.41, 5.74) is -0.767. The molecule has 0 spiro atoms. The zero-order valence-corrected chi connectivity index (χ0v) is 50.7. The lowest BCUT2D eigenvalue weighted by Crippen LogP contribution is -2.60. The van der Waals surface area contributed by atoms with E-state index in [1.165, 1.54) is 36.2 Å². The molecule has 5 rings (SSSR count). The maximum absolute atomic E-state index is 14.6. The number of carbonyl (C=O) groups is 1. The number of halogens is 1. The molecule has 3 heterocycles. The van der Waals surface area contributed by atoms with Gasteiger partial charge in [-0.15, -0.1) is 24.0 Å². The summed E-state index contributed by atoms with van der Waals surface area (Å²) in [5.74, 6) is -2.66. The van der Waals surface area contributed by atoms with Gasteiger partial charge in [-0.1, -0.05) is 84.7 Å². The first-order valence-electron chi connectivity index (χ1n) is 27.1. The summed E-state index contributed by atoms with van der Waals surface area (Å²) in [4.78, 5) is 21.0. The van der Waals surface area contributed by atoms with E-state index in [9.17, 15) is 30.3 Å². The molecule has 74 heavy (non-hydrogen) atoms. The monoisotopic (exact) mass is 1170 g/mol. The highest BCUT2D eigenvalue weighted by atomic mass is 127. The molecule has 3 aliphatic rings. The molecule has 0 radical (unpaired) electrons. The highest BCUT2D eigenvalue weighted by Gasteiger charge is 2.53. The lowest BCUT2D eigenvalue weighted by Gasteiger charge is -2.48. The van der Waals surface area contributed by atoms with Crippen LogP contribution in [0.15, 0.2) is 48.5 Å². The van der Waals surface area contributed by atoms with Crippen LogP contribution in [-0.2, 0) is 33.2 Å². The van der Waals surface area contributed by atoms with Crippen LogP contribution in [0.5, 0.6) is 0 Å². The van der Waals surface area contributed by atoms with E-state index in [-0.39, 0.29) is 61.3 Å². The minimum Gasteiger partial charge on any atom is -0.459 e. The molecule has 3 saturated heterocycles. The van der Waals surface area contributed by atoms with Gasteiger partial charge in [-0.3, -0.25) is 9.69 Å². The number of methoxy groups -OCH3 is 1. The van der Waals surface area contributed by atoms with Crippen LogP contribution in [-0.4, -0.2) is 186 Å². The first-order valence-corrected chi connectivity index (χ1v) is 28.3. The van der Waals surface area contributed by atoms with Gasteiger partial charge in [0.1, 0.15) is 30.0 Å². The van der Waals surface area contributed by atoms with Gasteiger partial charge in [0.15, 0.2) is 12.6 Å². The predicted octanol–water partition coefficient (Wildman–Crippen LogP) is 7.19. The van der Waals surface area contributed by atoms with Gasteiger partial charge in [0, 0.05) is 63.4 Å². The van der Waals surface area contributed by atoms with Crippen molar-refractivity contribution in [1.29, 1.82) is 0 Å². The second-order valence-corrected chi connectivity index (χ2v) is 24.4. The van der Waals surface area contributed by atoms with Gasteiger partial charge in [-0.25, -0.2) is 0 Å². The van der Waals surface area contributed by atoms with E-state index in [4.69, 9.17) is 28.4 Å². The van der Waals surface area contributed by atoms with E-state index >= 15 is 0 Å². The number of rotatable bonds is 17. The number of aliphatic hydroxyl groups excluding tert-OH is 3. The first-order chi connectivity index (χ1) is 34.3. The molecule has 5 N–H and O–H groups in total. The van der Waals surface area contributed by atoms with Crippen molar-refractivity contribution in [1.82, 2.24) is 9.80 Å². The lowest BCUT2D eigenvalue weighted by molar-refractivity contribution is -0.318. The van der Waals surface area contributed by atoms with E-state index in [0.717, 1.165) is 31.8 Å². The molecule has 3 fully saturated rings. The molecule has 15 nitrogen and oxygen atoms in total. The fraction of sp³-hybridized carbons (Fsp3) is 0.772. The Morgan fingerprint density at radius 2 is 1.46 bits per heavy atom. The van der Waals surface area contributed by atoms with Crippen molar-refractivity contribution < 1.29 is 58.7 Å². The number of hydrogen-bond donors (Lipinski definition) is 5. The molecule has 424 valence electrons. The molecule has 1 unspecified atom stereocenters. The van der Waals surface area contributed by atoms with Gasteiger partial charge in [-0.05, 0) is 130 Å². The van der Waals surface area contributed by atoms with Crippen molar-refractivity contribution in [2.75, 3.05) is 59.5 Å². The predicted molar refractivity (Wildman–Crippen MR) is 306 cm³/mol. The molecule has 0 aromatic heterocycles. The van der Waals surface area contributed by atoms with Crippen molar-refractivity contribution in [3.05, 3.63) is 48.5 Å². The molecule has 2 aromatic rings. The zero-order chi connectivity index (χ0) is 54.2. The summed E-state index contributed by atoms with van der Waals surface area (Å²) in [6, 6.07) is 16.4. The smallest absolute Gasteiger partial charge is 0.311 e. The number of cyclic esters (lactones) is 1. The molecule has 0 amide bonds. The molecule has 3 aliphatic heterocycles. The number of carbonyl (C=O) groups excluding carboxylic acids is 1. The summed E-state index contributed by atoms with van der Waals surface area (Å²) in [6.45, 7) is 19.1. The Bertz CT molecular complexity index is 2020. The number of para-hydroxylation sites is 1. The van der Waals surface area contributed by atoms with Crippen LogP contribution in [0.1, 0.15) is 121 Å². The van der Waals surface area contributed by atoms with E-state index in [1.807, 2.05) is 46.7 Å². The Kier molecular flexibility index (Phi) is 25.0. The largest absolute Gasteiger partial charge is 0.459 e. The van der Waals surface area contributed by atoms with Gasteiger partial charge < -0.3 is 63.8 Å². The number of ether oxygens (including phenoxy) is 6. The summed E-state index contributed by atoms with van der Waals surface area (Å²) < 4.78 is 38.4. The molecule has 0 bridgehead atoms. The van der Waals surface area contributed by atoms with Crippen LogP contribution in [0.2, 0.25) is 0 Å². The van der Waals surface area contributed by atoms with E-state index in [2.05, 4.69) is 79.3 Å². The van der Waals surface area contributed by atoms with Crippen LogP contribution in [0.4, 0.5) is 5.69 Å². The molecule has 0 aliphatic carbocycles. The van der Waals surface area contributed by atoms with Gasteiger partial charge >= 0.3 is 5.97 Å². The van der Waals surface area contributed by atoms with Crippen LogP contribution in [0.3, 0.4) is 0 Å². The number of anilines is 1. The van der Waals surface area contributed by atoms with Crippen LogP contribution < -0.4 is 10.2 Å². The fourth-order valence-corrected chi connectivity index (χ4v) is 13.2.